The average Bonchev–Trinajstić information content (AvgIpc) is 3.17. The molecule has 7 aliphatic carbocycles. The maximum atomic E-state index is 13.3. The van der Waals surface area contributed by atoms with Gasteiger partial charge in [-0.05, 0) is 91.8 Å². The van der Waals surface area contributed by atoms with Gasteiger partial charge in [-0.15, -0.1) is 0 Å². The van der Waals surface area contributed by atoms with Crippen molar-refractivity contribution in [3.05, 3.63) is 12.2 Å². The Balaban J connectivity index is 1.20. The number of hydrogen-bond donors (Lipinski definition) is 0. The second-order valence-electron chi connectivity index (χ2n) is 10.9. The first-order valence-corrected chi connectivity index (χ1v) is 10.6. The molecule has 8 aliphatic rings. The monoisotopic (exact) mass is 337 g/mol. The van der Waals surface area contributed by atoms with Gasteiger partial charge >= 0.3 is 0 Å². The van der Waals surface area contributed by atoms with Crippen LogP contribution in [0.5, 0.6) is 0 Å². The second-order valence-corrected chi connectivity index (χ2v) is 10.9. The van der Waals surface area contributed by atoms with E-state index in [4.69, 9.17) is 0 Å². The minimum atomic E-state index is -0.00101. The summed E-state index contributed by atoms with van der Waals surface area (Å²) in [6.07, 6.45) is 15.1. The van der Waals surface area contributed by atoms with Gasteiger partial charge in [-0.2, -0.15) is 0 Å². The number of carbonyl (C=O) groups is 2. The molecule has 25 heavy (non-hydrogen) atoms. The molecular weight excluding hydrogens is 310 g/mol. The fourth-order valence-corrected chi connectivity index (χ4v) is 9.12. The molecule has 0 aromatic carbocycles. The van der Waals surface area contributed by atoms with Crippen LogP contribution >= 0.6 is 0 Å². The quantitative estimate of drug-likeness (QED) is 0.572. The molecule has 0 unspecified atom stereocenters. The largest absolute Gasteiger partial charge is 0.282 e. The number of allylic oxidation sites excluding steroid dienone is 2. The van der Waals surface area contributed by atoms with Crippen molar-refractivity contribution in [3.63, 3.8) is 0 Å². The van der Waals surface area contributed by atoms with Gasteiger partial charge in [0.05, 0.1) is 11.8 Å². The van der Waals surface area contributed by atoms with Crippen LogP contribution in [0.15, 0.2) is 12.2 Å². The van der Waals surface area contributed by atoms with Gasteiger partial charge in [0.15, 0.2) is 0 Å². The Hall–Kier alpha value is -1.12. The third-order valence-corrected chi connectivity index (χ3v) is 9.60. The molecule has 7 fully saturated rings. The standard InChI is InChI=1S/C22H27NO2/c24-19-17-15-1-2-16(22(15)3-4-22)18(17)20(25)23(19)11-21-8-12-5-13(9-21)7-14(6-12)10-21/h1-2,12-18H,3-11H2/t12?,13?,14?,15-,16-,17+,18+,21?/m1/s1. The molecule has 2 amide bonds. The predicted molar refractivity (Wildman–Crippen MR) is 92.1 cm³/mol. The van der Waals surface area contributed by atoms with Crippen LogP contribution in [-0.2, 0) is 9.59 Å². The van der Waals surface area contributed by atoms with Crippen LogP contribution in [0, 0.1) is 52.3 Å². The normalized spacial score (nSPS) is 55.7. The number of rotatable bonds is 2. The fourth-order valence-electron chi connectivity index (χ4n) is 9.12. The van der Waals surface area contributed by atoms with E-state index in [1.165, 1.54) is 51.4 Å². The number of likely N-dealkylation sites (tertiary alicyclic amines) is 1. The Morgan fingerprint density at radius 1 is 0.840 bits per heavy atom. The van der Waals surface area contributed by atoms with Gasteiger partial charge in [-0.25, -0.2) is 0 Å². The number of imide groups is 1. The van der Waals surface area contributed by atoms with E-state index in [1.54, 1.807) is 4.90 Å². The summed E-state index contributed by atoms with van der Waals surface area (Å²) < 4.78 is 0. The summed E-state index contributed by atoms with van der Waals surface area (Å²) in [5, 5.41) is 0. The highest BCUT2D eigenvalue weighted by Crippen LogP contribution is 2.73. The molecule has 1 saturated heterocycles. The van der Waals surface area contributed by atoms with E-state index in [9.17, 15) is 9.59 Å². The van der Waals surface area contributed by atoms with Crippen LogP contribution in [0.2, 0.25) is 0 Å². The topological polar surface area (TPSA) is 37.4 Å². The fraction of sp³-hybridized carbons (Fsp3) is 0.818. The maximum absolute atomic E-state index is 13.3. The Morgan fingerprint density at radius 3 is 1.76 bits per heavy atom. The second kappa shape index (κ2) is 4.07. The van der Waals surface area contributed by atoms with E-state index < -0.39 is 0 Å². The Morgan fingerprint density at radius 2 is 1.32 bits per heavy atom. The summed E-state index contributed by atoms with van der Waals surface area (Å²) >= 11 is 0. The molecule has 1 heterocycles. The van der Waals surface area contributed by atoms with E-state index in [0.717, 1.165) is 24.3 Å². The van der Waals surface area contributed by atoms with Gasteiger partial charge in [0, 0.05) is 6.54 Å². The summed E-state index contributed by atoms with van der Waals surface area (Å²) in [6, 6.07) is 0. The van der Waals surface area contributed by atoms with Crippen LogP contribution in [0.3, 0.4) is 0 Å². The van der Waals surface area contributed by atoms with Crippen molar-refractivity contribution < 1.29 is 9.59 Å². The number of carbonyl (C=O) groups excluding carboxylic acids is 2. The minimum Gasteiger partial charge on any atom is -0.282 e. The van der Waals surface area contributed by atoms with Crippen molar-refractivity contribution in [2.45, 2.75) is 51.4 Å². The number of amides is 2. The first kappa shape index (κ1) is 14.0. The SMILES string of the molecule is O=C1[C@@H]2[C@@H](C(=O)N1CC13CC4CC(CC(C4)C1)C3)[C@H]1C=C[C@H]2C12CC2. The number of fused-ring (bicyclic) bond motifs is 3. The van der Waals surface area contributed by atoms with E-state index in [-0.39, 0.29) is 29.1 Å². The van der Waals surface area contributed by atoms with E-state index in [2.05, 4.69) is 12.2 Å². The zero-order valence-electron chi connectivity index (χ0n) is 14.8. The molecule has 0 radical (unpaired) electrons. The van der Waals surface area contributed by atoms with Gasteiger partial charge in [0.2, 0.25) is 11.8 Å². The third kappa shape index (κ3) is 1.52. The lowest BCUT2D eigenvalue weighted by molar-refractivity contribution is -0.147. The molecule has 3 heteroatoms. The van der Waals surface area contributed by atoms with E-state index in [0.29, 0.717) is 17.3 Å². The Kier molecular flexibility index (Phi) is 2.28. The van der Waals surface area contributed by atoms with Crippen LogP contribution < -0.4 is 0 Å². The number of hydrogen-bond acceptors (Lipinski definition) is 2. The average molecular weight is 337 g/mol. The van der Waals surface area contributed by atoms with Crippen LogP contribution in [0.4, 0.5) is 0 Å². The molecule has 1 aliphatic heterocycles. The van der Waals surface area contributed by atoms with Crippen LogP contribution in [0.25, 0.3) is 0 Å². The first-order chi connectivity index (χ1) is 12.1. The van der Waals surface area contributed by atoms with Crippen LogP contribution in [0.1, 0.15) is 51.4 Å². The van der Waals surface area contributed by atoms with Crippen molar-refractivity contribution in [1.29, 1.82) is 0 Å². The summed E-state index contributed by atoms with van der Waals surface area (Å²) in [4.78, 5) is 28.4. The molecular formula is C22H27NO2. The van der Waals surface area contributed by atoms with Crippen molar-refractivity contribution in [2.24, 2.45) is 52.3 Å². The first-order valence-electron chi connectivity index (χ1n) is 10.6. The zero-order valence-corrected chi connectivity index (χ0v) is 14.8. The minimum absolute atomic E-state index is 0.00101. The molecule has 0 aromatic rings. The van der Waals surface area contributed by atoms with Crippen molar-refractivity contribution in [3.8, 4) is 0 Å². The highest BCUT2D eigenvalue weighted by molar-refractivity contribution is 6.06. The molecule has 1 spiro atoms. The number of nitrogens with zero attached hydrogens (tertiary/aromatic N) is 1. The molecule has 0 aromatic heterocycles. The summed E-state index contributed by atoms with van der Waals surface area (Å²) in [5.74, 6) is 3.80. The van der Waals surface area contributed by atoms with Crippen molar-refractivity contribution >= 4 is 11.8 Å². The molecule has 3 nitrogen and oxygen atoms in total. The third-order valence-electron chi connectivity index (χ3n) is 9.60. The Bertz CT molecular complexity index is 663. The van der Waals surface area contributed by atoms with Crippen molar-refractivity contribution in [2.75, 3.05) is 6.54 Å². The van der Waals surface area contributed by atoms with Crippen molar-refractivity contribution in [1.82, 2.24) is 4.90 Å². The molecule has 132 valence electrons. The highest BCUT2D eigenvalue weighted by atomic mass is 16.2. The zero-order chi connectivity index (χ0) is 16.6. The summed E-state index contributed by atoms with van der Waals surface area (Å²) in [7, 11) is 0. The van der Waals surface area contributed by atoms with Gasteiger partial charge in [0.1, 0.15) is 0 Å². The summed E-state index contributed by atoms with van der Waals surface area (Å²) in [5.41, 5.74) is 0.607. The van der Waals surface area contributed by atoms with Gasteiger partial charge in [-0.3, -0.25) is 14.5 Å². The lowest BCUT2D eigenvalue weighted by atomic mass is 9.49. The summed E-state index contributed by atoms with van der Waals surface area (Å²) in [6.45, 7) is 0.758. The lowest BCUT2D eigenvalue weighted by Gasteiger charge is -2.57. The smallest absolute Gasteiger partial charge is 0.233 e. The predicted octanol–water partition coefficient (Wildman–Crippen LogP) is 3.40. The molecule has 6 bridgehead atoms. The highest BCUT2D eigenvalue weighted by Gasteiger charge is 2.73. The lowest BCUT2D eigenvalue weighted by Crippen LogP contribution is -2.52. The molecule has 8 rings (SSSR count). The van der Waals surface area contributed by atoms with Crippen LogP contribution in [-0.4, -0.2) is 23.3 Å². The molecule has 0 N–H and O–H groups in total. The van der Waals surface area contributed by atoms with E-state index in [1.807, 2.05) is 0 Å². The Labute approximate surface area is 149 Å². The van der Waals surface area contributed by atoms with E-state index >= 15 is 0 Å². The maximum Gasteiger partial charge on any atom is 0.233 e. The molecule has 4 atom stereocenters. The molecule has 6 saturated carbocycles. The van der Waals surface area contributed by atoms with Gasteiger partial charge in [0.25, 0.3) is 0 Å². The van der Waals surface area contributed by atoms with Gasteiger partial charge in [-0.1, -0.05) is 12.2 Å². The van der Waals surface area contributed by atoms with Gasteiger partial charge < -0.3 is 0 Å².